The SMILES string of the molecule is NC(=O)CC[C@H](NC(=O)[C@H](Cc1ccccc1)n1c(=O)[nH]c2ccccc2c1=O)C(=O)NCC(=O)O. The van der Waals surface area contributed by atoms with E-state index in [-0.39, 0.29) is 24.6 Å². The molecule has 6 N–H and O–H groups in total. The van der Waals surface area contributed by atoms with Crippen LogP contribution < -0.4 is 27.6 Å². The number of hydrogen-bond donors (Lipinski definition) is 5. The summed E-state index contributed by atoms with van der Waals surface area (Å²) in [7, 11) is 0. The summed E-state index contributed by atoms with van der Waals surface area (Å²) >= 11 is 0. The maximum absolute atomic E-state index is 13.5. The Balaban J connectivity index is 2.01. The molecule has 1 aromatic heterocycles. The lowest BCUT2D eigenvalue weighted by atomic mass is 10.0. The van der Waals surface area contributed by atoms with Gasteiger partial charge in [0.05, 0.1) is 10.9 Å². The molecule has 0 bridgehead atoms. The van der Waals surface area contributed by atoms with Gasteiger partial charge in [-0.05, 0) is 24.1 Å². The maximum Gasteiger partial charge on any atom is 0.329 e. The number of fused-ring (bicyclic) bond motifs is 1. The number of aliphatic carboxylic acids is 1. The Bertz CT molecular complexity index is 1400. The van der Waals surface area contributed by atoms with Crippen LogP contribution >= 0.6 is 0 Å². The molecule has 12 heteroatoms. The van der Waals surface area contributed by atoms with Crippen molar-refractivity contribution in [2.45, 2.75) is 31.3 Å². The number of carbonyl (C=O) groups excluding carboxylic acids is 3. The molecule has 2 aromatic carbocycles. The Kier molecular flexibility index (Phi) is 8.34. The molecule has 0 spiro atoms. The van der Waals surface area contributed by atoms with Crippen molar-refractivity contribution in [3.05, 3.63) is 81.0 Å². The van der Waals surface area contributed by atoms with Crippen LogP contribution in [-0.2, 0) is 25.6 Å². The topological polar surface area (TPSA) is 193 Å². The number of carboxylic acid groups (broad SMARTS) is 1. The van der Waals surface area contributed by atoms with Crippen LogP contribution in [0.3, 0.4) is 0 Å². The zero-order valence-electron chi connectivity index (χ0n) is 19.1. The highest BCUT2D eigenvalue weighted by Crippen LogP contribution is 2.14. The molecule has 0 aliphatic carbocycles. The molecular weight excluding hydrogens is 470 g/mol. The lowest BCUT2D eigenvalue weighted by molar-refractivity contribution is -0.138. The number of benzene rings is 2. The quantitative estimate of drug-likeness (QED) is 0.235. The average Bonchev–Trinajstić information content (AvgIpc) is 2.84. The van der Waals surface area contributed by atoms with Crippen LogP contribution in [0.4, 0.5) is 0 Å². The van der Waals surface area contributed by atoms with Gasteiger partial charge in [-0.2, -0.15) is 0 Å². The molecule has 0 aliphatic heterocycles. The van der Waals surface area contributed by atoms with E-state index >= 15 is 0 Å². The fraction of sp³-hybridized carbons (Fsp3) is 0.250. The van der Waals surface area contributed by atoms with Gasteiger partial charge in [-0.25, -0.2) is 9.36 Å². The highest BCUT2D eigenvalue weighted by Gasteiger charge is 2.30. The third-order valence-electron chi connectivity index (χ3n) is 5.45. The molecule has 0 saturated carbocycles. The lowest BCUT2D eigenvalue weighted by Crippen LogP contribution is -2.52. The number of primary amides is 1. The van der Waals surface area contributed by atoms with Crippen molar-refractivity contribution in [3.8, 4) is 0 Å². The van der Waals surface area contributed by atoms with Crippen molar-refractivity contribution >= 4 is 34.6 Å². The van der Waals surface area contributed by atoms with E-state index < -0.39 is 53.6 Å². The average molecular weight is 495 g/mol. The van der Waals surface area contributed by atoms with E-state index in [9.17, 15) is 28.8 Å². The maximum atomic E-state index is 13.5. The van der Waals surface area contributed by atoms with Gasteiger partial charge in [-0.1, -0.05) is 42.5 Å². The molecule has 0 aliphatic rings. The van der Waals surface area contributed by atoms with Crippen LogP contribution in [0.25, 0.3) is 10.9 Å². The highest BCUT2D eigenvalue weighted by molar-refractivity contribution is 5.91. The first-order chi connectivity index (χ1) is 17.2. The second kappa shape index (κ2) is 11.6. The Morgan fingerprint density at radius 2 is 1.64 bits per heavy atom. The molecule has 2 atom stereocenters. The van der Waals surface area contributed by atoms with E-state index in [0.29, 0.717) is 11.1 Å². The molecule has 1 heterocycles. The molecule has 3 aromatic rings. The molecule has 12 nitrogen and oxygen atoms in total. The summed E-state index contributed by atoms with van der Waals surface area (Å²) < 4.78 is 0.783. The van der Waals surface area contributed by atoms with Crippen molar-refractivity contribution in [3.63, 3.8) is 0 Å². The number of rotatable bonds is 11. The minimum atomic E-state index is -1.36. The van der Waals surface area contributed by atoms with E-state index in [4.69, 9.17) is 10.8 Å². The third-order valence-corrected chi connectivity index (χ3v) is 5.45. The number of amides is 3. The first kappa shape index (κ1) is 25.9. The van der Waals surface area contributed by atoms with Crippen molar-refractivity contribution < 1.29 is 24.3 Å². The van der Waals surface area contributed by atoms with Crippen molar-refractivity contribution in [1.29, 1.82) is 0 Å². The Morgan fingerprint density at radius 3 is 2.31 bits per heavy atom. The number of carbonyl (C=O) groups is 4. The molecule has 36 heavy (non-hydrogen) atoms. The van der Waals surface area contributed by atoms with Gasteiger partial charge in [0.15, 0.2) is 0 Å². The number of nitrogens with two attached hydrogens (primary N) is 1. The molecule has 3 rings (SSSR count). The Morgan fingerprint density at radius 1 is 0.972 bits per heavy atom. The van der Waals surface area contributed by atoms with Crippen molar-refractivity contribution in [2.75, 3.05) is 6.54 Å². The normalized spacial score (nSPS) is 12.4. The van der Waals surface area contributed by atoms with E-state index in [1.165, 1.54) is 6.07 Å². The smallest absolute Gasteiger partial charge is 0.329 e. The van der Waals surface area contributed by atoms with Gasteiger partial charge in [0.1, 0.15) is 18.6 Å². The van der Waals surface area contributed by atoms with Gasteiger partial charge >= 0.3 is 11.7 Å². The largest absolute Gasteiger partial charge is 0.480 e. The van der Waals surface area contributed by atoms with E-state index in [1.54, 1.807) is 48.5 Å². The minimum Gasteiger partial charge on any atom is -0.480 e. The Hall–Kier alpha value is -4.74. The molecule has 188 valence electrons. The van der Waals surface area contributed by atoms with Gasteiger partial charge in [-0.3, -0.25) is 24.0 Å². The summed E-state index contributed by atoms with van der Waals surface area (Å²) in [4.78, 5) is 76.9. The van der Waals surface area contributed by atoms with E-state index in [2.05, 4.69) is 15.6 Å². The van der Waals surface area contributed by atoms with Crippen LogP contribution in [0, 0.1) is 0 Å². The molecule has 0 unspecified atom stereocenters. The molecule has 0 saturated heterocycles. The first-order valence-electron chi connectivity index (χ1n) is 11.0. The number of para-hydroxylation sites is 1. The predicted octanol–water partition coefficient (Wildman–Crippen LogP) is -0.575. The van der Waals surface area contributed by atoms with Crippen LogP contribution in [-0.4, -0.2) is 50.9 Å². The second-order valence-corrected chi connectivity index (χ2v) is 8.03. The summed E-state index contributed by atoms with van der Waals surface area (Å²) in [6.45, 7) is -0.709. The first-order valence-corrected chi connectivity index (χ1v) is 11.0. The van der Waals surface area contributed by atoms with Crippen LogP contribution in [0.1, 0.15) is 24.4 Å². The van der Waals surface area contributed by atoms with Gasteiger partial charge in [0.25, 0.3) is 5.56 Å². The Labute approximate surface area is 204 Å². The van der Waals surface area contributed by atoms with E-state index in [0.717, 1.165) is 4.57 Å². The number of nitrogens with one attached hydrogen (secondary N) is 3. The van der Waals surface area contributed by atoms with Crippen molar-refractivity contribution in [1.82, 2.24) is 20.2 Å². The third kappa shape index (κ3) is 6.44. The molecule has 0 radical (unpaired) electrons. The lowest BCUT2D eigenvalue weighted by Gasteiger charge is -2.23. The van der Waals surface area contributed by atoms with Gasteiger partial charge in [-0.15, -0.1) is 0 Å². The predicted molar refractivity (Wildman–Crippen MR) is 129 cm³/mol. The second-order valence-electron chi connectivity index (χ2n) is 8.03. The highest BCUT2D eigenvalue weighted by atomic mass is 16.4. The number of H-pyrrole nitrogens is 1. The summed E-state index contributed by atoms with van der Waals surface area (Å²) in [6, 6.07) is 12.3. The number of aromatic nitrogens is 2. The molecule has 3 amide bonds. The summed E-state index contributed by atoms with van der Waals surface area (Å²) in [5.41, 5.74) is 4.59. The summed E-state index contributed by atoms with van der Waals surface area (Å²) in [6.07, 6.45) is -0.549. The number of carboxylic acids is 1. The van der Waals surface area contributed by atoms with E-state index in [1.807, 2.05) is 0 Å². The number of nitrogens with zero attached hydrogens (tertiary/aromatic N) is 1. The zero-order chi connectivity index (χ0) is 26.2. The van der Waals surface area contributed by atoms with Gasteiger partial charge in [0.2, 0.25) is 17.7 Å². The standard InChI is InChI=1S/C24H25N5O7/c25-19(30)11-10-17(21(33)26-13-20(31)32)27-22(34)18(12-14-6-2-1-3-7-14)29-23(35)15-8-4-5-9-16(15)28-24(29)36/h1-9,17-18H,10-13H2,(H2,25,30)(H,26,33)(H,27,34)(H,28,36)(H,31,32)/t17-,18-/m0/s1. The summed E-state index contributed by atoms with van der Waals surface area (Å²) in [5, 5.41) is 13.6. The molecular formula is C24H25N5O7. The fourth-order valence-corrected chi connectivity index (χ4v) is 3.71. The summed E-state index contributed by atoms with van der Waals surface area (Å²) in [5.74, 6) is -3.74. The van der Waals surface area contributed by atoms with Gasteiger partial charge in [0, 0.05) is 12.8 Å². The van der Waals surface area contributed by atoms with Crippen LogP contribution in [0.5, 0.6) is 0 Å². The van der Waals surface area contributed by atoms with Crippen molar-refractivity contribution in [2.24, 2.45) is 5.73 Å². The monoisotopic (exact) mass is 495 g/mol. The molecule has 0 fully saturated rings. The zero-order valence-corrected chi connectivity index (χ0v) is 19.1. The van der Waals surface area contributed by atoms with Gasteiger partial charge < -0.3 is 26.5 Å². The number of aromatic amines is 1. The minimum absolute atomic E-state index is 0.0622. The number of hydrogen-bond acceptors (Lipinski definition) is 6. The van der Waals surface area contributed by atoms with Crippen LogP contribution in [0.2, 0.25) is 0 Å². The van der Waals surface area contributed by atoms with Crippen LogP contribution in [0.15, 0.2) is 64.2 Å². The fourth-order valence-electron chi connectivity index (χ4n) is 3.71.